The zero-order valence-electron chi connectivity index (χ0n) is 11.5. The van der Waals surface area contributed by atoms with Crippen LogP contribution in [-0.4, -0.2) is 21.3 Å². The lowest BCUT2D eigenvalue weighted by atomic mass is 9.74. The Bertz CT molecular complexity index is 318. The minimum Gasteiger partial charge on any atom is -0.300 e. The van der Waals surface area contributed by atoms with E-state index in [1.54, 1.807) is 0 Å². The molecular weight excluding hydrogens is 227 g/mol. The molecule has 2 aliphatic carbocycles. The summed E-state index contributed by atoms with van der Waals surface area (Å²) >= 11 is 0. The second-order valence-corrected chi connectivity index (χ2v) is 11.5. The quantitative estimate of drug-likeness (QED) is 0.581. The number of Topliss-reactive ketones (excluding diaryl/α,β-unsaturated/α-hetero) is 1. The van der Waals surface area contributed by atoms with E-state index in [1.807, 2.05) is 0 Å². The van der Waals surface area contributed by atoms with Crippen LogP contribution in [0.15, 0.2) is 0 Å². The predicted octanol–water partition coefficient (Wildman–Crippen LogP) is 4.48. The smallest absolute Gasteiger partial charge is 0.134 e. The van der Waals surface area contributed by atoms with E-state index >= 15 is 0 Å². The zero-order chi connectivity index (χ0) is 12.3. The normalized spacial score (nSPS) is 31.4. The maximum absolute atomic E-state index is 12.2. The molecule has 3 fully saturated rings. The van der Waals surface area contributed by atoms with Crippen LogP contribution in [0.25, 0.3) is 0 Å². The van der Waals surface area contributed by atoms with Gasteiger partial charge in [0.1, 0.15) is 5.78 Å². The molecule has 1 heterocycles. The molecule has 0 aromatic heterocycles. The molecule has 0 unspecified atom stereocenters. The molecule has 2 saturated carbocycles. The fourth-order valence-electron chi connectivity index (χ4n) is 4.85. The van der Waals surface area contributed by atoms with Crippen LogP contribution in [0, 0.1) is 0 Å². The first-order chi connectivity index (χ1) is 7.88. The van der Waals surface area contributed by atoms with Gasteiger partial charge in [-0.15, -0.1) is 0 Å². The van der Waals surface area contributed by atoms with Crippen molar-refractivity contribution in [3.05, 3.63) is 0 Å². The van der Waals surface area contributed by atoms with Crippen LogP contribution in [0.4, 0.5) is 0 Å². The van der Waals surface area contributed by atoms with Gasteiger partial charge in [0.25, 0.3) is 0 Å². The Labute approximate surface area is 106 Å². The maximum Gasteiger partial charge on any atom is 0.134 e. The first kappa shape index (κ1) is 12.2. The van der Waals surface area contributed by atoms with Crippen LogP contribution >= 0.6 is 7.92 Å². The number of rotatable bonds is 0. The number of hydrogen-bond donors (Lipinski definition) is 0. The zero-order valence-corrected chi connectivity index (χ0v) is 12.4. The van der Waals surface area contributed by atoms with Crippen LogP contribution in [0.2, 0.25) is 0 Å². The van der Waals surface area contributed by atoms with Crippen molar-refractivity contribution in [2.75, 3.05) is 0 Å². The third-order valence-electron chi connectivity index (χ3n) is 5.24. The average Bonchev–Trinajstić information content (AvgIpc) is 2.09. The van der Waals surface area contributed by atoms with Crippen molar-refractivity contribution >= 4 is 13.7 Å². The highest BCUT2D eigenvalue weighted by Crippen LogP contribution is 2.80. The molecule has 0 atom stereocenters. The summed E-state index contributed by atoms with van der Waals surface area (Å²) in [6, 6.07) is 0. The van der Waals surface area contributed by atoms with E-state index in [2.05, 4.69) is 20.8 Å². The molecule has 2 spiro atoms. The van der Waals surface area contributed by atoms with Crippen molar-refractivity contribution in [1.29, 1.82) is 0 Å². The van der Waals surface area contributed by atoms with Crippen molar-refractivity contribution in [2.24, 2.45) is 0 Å². The molecule has 3 aliphatic rings. The summed E-state index contributed by atoms with van der Waals surface area (Å²) in [5, 5.41) is 1.39. The lowest BCUT2D eigenvalue weighted by Gasteiger charge is -2.66. The Hall–Kier alpha value is 0.100. The SMILES string of the molecule is CC(C)(C)P1C2(CCC2)CC(=O)CC12CCC2. The number of hydrogen-bond acceptors (Lipinski definition) is 1. The van der Waals surface area contributed by atoms with Gasteiger partial charge in [-0.2, -0.15) is 0 Å². The van der Waals surface area contributed by atoms with Crippen molar-refractivity contribution in [2.45, 2.75) is 87.6 Å². The summed E-state index contributed by atoms with van der Waals surface area (Å²) in [4.78, 5) is 12.2. The Morgan fingerprint density at radius 2 is 1.35 bits per heavy atom. The van der Waals surface area contributed by atoms with Crippen LogP contribution in [0.5, 0.6) is 0 Å². The van der Waals surface area contributed by atoms with Crippen LogP contribution in [-0.2, 0) is 4.79 Å². The second-order valence-electron chi connectivity index (χ2n) is 7.55. The van der Waals surface area contributed by atoms with Gasteiger partial charge in [0.2, 0.25) is 0 Å². The predicted molar refractivity (Wildman–Crippen MR) is 74.1 cm³/mol. The average molecular weight is 252 g/mol. The van der Waals surface area contributed by atoms with Gasteiger partial charge in [-0.1, -0.05) is 41.5 Å². The minimum atomic E-state index is 0.0222. The lowest BCUT2D eigenvalue weighted by Crippen LogP contribution is -2.56. The summed E-state index contributed by atoms with van der Waals surface area (Å²) in [6.45, 7) is 7.32. The van der Waals surface area contributed by atoms with E-state index in [4.69, 9.17) is 0 Å². The fourth-order valence-corrected chi connectivity index (χ4v) is 10.9. The molecule has 3 rings (SSSR count). The first-order valence-electron chi connectivity index (χ1n) is 7.20. The van der Waals surface area contributed by atoms with E-state index in [1.165, 1.54) is 38.5 Å². The standard InChI is InChI=1S/C15H25OP/c1-13(2,3)17-14(6-4-7-14)10-12(16)11-15(17)8-5-9-15/h4-11H2,1-3H3. The van der Waals surface area contributed by atoms with Crippen LogP contribution in [0.3, 0.4) is 0 Å². The van der Waals surface area contributed by atoms with E-state index < -0.39 is 0 Å². The maximum atomic E-state index is 12.2. The van der Waals surface area contributed by atoms with Gasteiger partial charge >= 0.3 is 0 Å². The van der Waals surface area contributed by atoms with Gasteiger partial charge in [0, 0.05) is 12.8 Å². The largest absolute Gasteiger partial charge is 0.300 e. The van der Waals surface area contributed by atoms with Gasteiger partial charge in [-0.25, -0.2) is 0 Å². The van der Waals surface area contributed by atoms with Crippen molar-refractivity contribution in [3.8, 4) is 0 Å². The Morgan fingerprint density at radius 1 is 0.941 bits per heavy atom. The van der Waals surface area contributed by atoms with E-state index in [0.29, 0.717) is 21.3 Å². The summed E-state index contributed by atoms with van der Waals surface area (Å²) in [7, 11) is 0.0222. The molecule has 0 aromatic rings. The Morgan fingerprint density at radius 3 is 1.59 bits per heavy atom. The van der Waals surface area contributed by atoms with Crippen molar-refractivity contribution in [1.82, 2.24) is 0 Å². The van der Waals surface area contributed by atoms with Gasteiger partial charge in [-0.3, -0.25) is 4.79 Å². The molecule has 2 heteroatoms. The topological polar surface area (TPSA) is 17.1 Å². The van der Waals surface area contributed by atoms with E-state index in [-0.39, 0.29) is 7.92 Å². The molecular formula is C15H25OP. The highest BCUT2D eigenvalue weighted by Gasteiger charge is 2.62. The lowest BCUT2D eigenvalue weighted by molar-refractivity contribution is -0.122. The molecule has 0 N–H and O–H groups in total. The monoisotopic (exact) mass is 252 g/mol. The fraction of sp³-hybridized carbons (Fsp3) is 0.933. The third-order valence-corrected chi connectivity index (χ3v) is 9.69. The number of ketones is 1. The molecule has 0 bridgehead atoms. The Balaban J connectivity index is 2.00. The van der Waals surface area contributed by atoms with Gasteiger partial charge in [-0.05, 0) is 41.2 Å². The van der Waals surface area contributed by atoms with Gasteiger partial charge in [0.15, 0.2) is 0 Å². The molecule has 1 saturated heterocycles. The first-order valence-corrected chi connectivity index (χ1v) is 8.55. The highest BCUT2D eigenvalue weighted by atomic mass is 31.1. The molecule has 1 nitrogen and oxygen atoms in total. The van der Waals surface area contributed by atoms with Crippen molar-refractivity contribution in [3.63, 3.8) is 0 Å². The minimum absolute atomic E-state index is 0.0222. The molecule has 1 aliphatic heterocycles. The van der Waals surface area contributed by atoms with Gasteiger partial charge in [0.05, 0.1) is 0 Å². The van der Waals surface area contributed by atoms with Crippen molar-refractivity contribution < 1.29 is 4.79 Å². The molecule has 0 aromatic carbocycles. The summed E-state index contributed by atoms with van der Waals surface area (Å²) < 4.78 is 0. The summed E-state index contributed by atoms with van der Waals surface area (Å²) in [5.74, 6) is 0.590. The van der Waals surface area contributed by atoms with Gasteiger partial charge < -0.3 is 0 Å². The third kappa shape index (κ3) is 1.65. The van der Waals surface area contributed by atoms with Crippen LogP contribution in [0.1, 0.15) is 72.1 Å². The second kappa shape index (κ2) is 3.56. The molecule has 0 radical (unpaired) electrons. The summed E-state index contributed by atoms with van der Waals surface area (Å²) in [5.41, 5.74) is 0. The van der Waals surface area contributed by atoms with E-state index in [9.17, 15) is 4.79 Å². The highest BCUT2D eigenvalue weighted by molar-refractivity contribution is 7.63. The molecule has 96 valence electrons. The summed E-state index contributed by atoms with van der Waals surface area (Å²) in [6.07, 6.45) is 10.0. The Kier molecular flexibility index (Phi) is 2.55. The van der Waals surface area contributed by atoms with Crippen LogP contribution < -0.4 is 0 Å². The molecule has 17 heavy (non-hydrogen) atoms. The molecule has 0 amide bonds. The number of carbonyl (C=O) groups is 1. The van der Waals surface area contributed by atoms with E-state index in [0.717, 1.165) is 12.8 Å². The number of carbonyl (C=O) groups excluding carboxylic acids is 1.